The molecule has 0 spiro atoms. The molecule has 1 aliphatic heterocycles. The molecular formula is C25H22F3N5O2. The van der Waals surface area contributed by atoms with E-state index in [0.29, 0.717) is 37.6 Å². The highest BCUT2D eigenvalue weighted by Gasteiger charge is 2.35. The number of imidazole rings is 1. The zero-order valence-electron chi connectivity index (χ0n) is 18.8. The number of ether oxygens (including phenoxy) is 1. The van der Waals surface area contributed by atoms with Crippen molar-refractivity contribution in [2.24, 2.45) is 5.73 Å². The van der Waals surface area contributed by atoms with Crippen LogP contribution in [0.15, 0.2) is 55.1 Å². The van der Waals surface area contributed by atoms with Gasteiger partial charge in [-0.3, -0.25) is 9.78 Å². The molecule has 10 heteroatoms. The number of fused-ring (bicyclic) bond motifs is 1. The summed E-state index contributed by atoms with van der Waals surface area (Å²) in [6.07, 6.45) is 2.05. The molecule has 5 rings (SSSR count). The predicted molar refractivity (Wildman–Crippen MR) is 125 cm³/mol. The Hall–Kier alpha value is -3.92. The summed E-state index contributed by atoms with van der Waals surface area (Å²) in [7, 11) is 0. The first-order chi connectivity index (χ1) is 16.7. The summed E-state index contributed by atoms with van der Waals surface area (Å²) in [6, 6.07) is 7.00. The van der Waals surface area contributed by atoms with E-state index in [0.717, 1.165) is 23.0 Å². The van der Waals surface area contributed by atoms with Crippen molar-refractivity contribution in [3.63, 3.8) is 0 Å². The van der Waals surface area contributed by atoms with Crippen molar-refractivity contribution in [1.82, 2.24) is 14.4 Å². The molecule has 1 amide bonds. The van der Waals surface area contributed by atoms with Crippen LogP contribution < -0.4 is 10.6 Å². The molecular weight excluding hydrogens is 459 g/mol. The first kappa shape index (κ1) is 22.9. The van der Waals surface area contributed by atoms with Crippen molar-refractivity contribution in [2.45, 2.75) is 13.1 Å². The number of aromatic nitrogens is 3. The summed E-state index contributed by atoms with van der Waals surface area (Å²) >= 11 is 0. The molecule has 0 radical (unpaired) electrons. The number of morpholine rings is 1. The van der Waals surface area contributed by atoms with Crippen LogP contribution in [0.2, 0.25) is 0 Å². The van der Waals surface area contributed by atoms with Gasteiger partial charge in [0, 0.05) is 71.4 Å². The molecule has 0 unspecified atom stereocenters. The molecule has 2 N–H and O–H groups in total. The second-order valence-corrected chi connectivity index (χ2v) is 8.32. The minimum absolute atomic E-state index is 0.158. The number of amides is 1. The Bertz CT molecular complexity index is 1420. The first-order valence-electron chi connectivity index (χ1n) is 11.0. The Morgan fingerprint density at radius 1 is 1.11 bits per heavy atom. The second kappa shape index (κ2) is 8.70. The number of hydrogen-bond donors (Lipinski definition) is 1. The van der Waals surface area contributed by atoms with Gasteiger partial charge in [-0.1, -0.05) is 6.07 Å². The molecule has 0 atom stereocenters. The Morgan fingerprint density at radius 3 is 2.60 bits per heavy atom. The van der Waals surface area contributed by atoms with Gasteiger partial charge < -0.3 is 19.8 Å². The van der Waals surface area contributed by atoms with Gasteiger partial charge in [0.1, 0.15) is 0 Å². The summed E-state index contributed by atoms with van der Waals surface area (Å²) in [5.74, 6) is -0.942. The largest absolute Gasteiger partial charge is 0.417 e. The maximum Gasteiger partial charge on any atom is 0.417 e. The van der Waals surface area contributed by atoms with Crippen LogP contribution in [0.5, 0.6) is 0 Å². The van der Waals surface area contributed by atoms with Crippen LogP contribution in [0.1, 0.15) is 21.6 Å². The lowest BCUT2D eigenvalue weighted by molar-refractivity contribution is -0.137. The maximum absolute atomic E-state index is 13.9. The molecule has 0 bridgehead atoms. The third kappa shape index (κ3) is 4.21. The molecule has 1 saturated heterocycles. The molecule has 1 aromatic carbocycles. The number of benzene rings is 1. The van der Waals surface area contributed by atoms with Crippen LogP contribution in [-0.4, -0.2) is 46.6 Å². The zero-order valence-corrected chi connectivity index (χ0v) is 18.8. The van der Waals surface area contributed by atoms with E-state index in [9.17, 15) is 18.0 Å². The second-order valence-electron chi connectivity index (χ2n) is 8.32. The van der Waals surface area contributed by atoms with Crippen LogP contribution in [0.25, 0.3) is 27.9 Å². The highest BCUT2D eigenvalue weighted by Crippen LogP contribution is 2.40. The van der Waals surface area contributed by atoms with Crippen molar-refractivity contribution in [1.29, 1.82) is 0 Å². The molecule has 3 aromatic heterocycles. The average Bonchev–Trinajstić information content (AvgIpc) is 3.32. The van der Waals surface area contributed by atoms with E-state index >= 15 is 0 Å². The van der Waals surface area contributed by atoms with E-state index in [4.69, 9.17) is 10.5 Å². The van der Waals surface area contributed by atoms with Crippen LogP contribution in [0.4, 0.5) is 18.9 Å². The summed E-state index contributed by atoms with van der Waals surface area (Å²) in [6.45, 7) is 4.37. The third-order valence-corrected chi connectivity index (χ3v) is 6.14. The average molecular weight is 481 g/mol. The molecule has 4 heterocycles. The fourth-order valence-corrected chi connectivity index (χ4v) is 4.47. The number of aryl methyl sites for hydroxylation is 1. The van der Waals surface area contributed by atoms with Crippen LogP contribution in [0.3, 0.4) is 0 Å². The Labute approximate surface area is 199 Å². The lowest BCUT2D eigenvalue weighted by Gasteiger charge is -2.29. The lowest BCUT2D eigenvalue weighted by Crippen LogP contribution is -2.36. The lowest BCUT2D eigenvalue weighted by atomic mass is 9.92. The smallest absolute Gasteiger partial charge is 0.378 e. The van der Waals surface area contributed by atoms with Crippen molar-refractivity contribution in [3.05, 3.63) is 71.9 Å². The Morgan fingerprint density at radius 2 is 1.89 bits per heavy atom. The van der Waals surface area contributed by atoms with Gasteiger partial charge >= 0.3 is 6.18 Å². The van der Waals surface area contributed by atoms with Crippen LogP contribution in [-0.2, 0) is 10.9 Å². The number of hydrogen-bond acceptors (Lipinski definition) is 5. The Balaban J connectivity index is 1.71. The van der Waals surface area contributed by atoms with Crippen LogP contribution in [0, 0.1) is 6.92 Å². The van der Waals surface area contributed by atoms with Gasteiger partial charge in [0.15, 0.2) is 5.65 Å². The minimum Gasteiger partial charge on any atom is -0.378 e. The SMILES string of the molecule is Cc1ncc(-c2c(C(N)=O)cccc2C(F)(F)F)cc1-c1cc(N2CCOCC2)c2nccn2c1. The quantitative estimate of drug-likeness (QED) is 0.469. The first-order valence-corrected chi connectivity index (χ1v) is 11.0. The molecule has 7 nitrogen and oxygen atoms in total. The van der Waals surface area contributed by atoms with E-state index < -0.39 is 17.6 Å². The summed E-state index contributed by atoms with van der Waals surface area (Å²) in [5.41, 5.74) is 7.87. The number of carbonyl (C=O) groups is 1. The van der Waals surface area contributed by atoms with Crippen molar-refractivity contribution < 1.29 is 22.7 Å². The van der Waals surface area contributed by atoms with Crippen molar-refractivity contribution in [3.8, 4) is 22.3 Å². The fourth-order valence-electron chi connectivity index (χ4n) is 4.47. The van der Waals surface area contributed by atoms with Gasteiger partial charge in [-0.2, -0.15) is 13.2 Å². The van der Waals surface area contributed by atoms with Crippen molar-refractivity contribution >= 4 is 17.2 Å². The van der Waals surface area contributed by atoms with Gasteiger partial charge in [-0.05, 0) is 31.2 Å². The molecule has 1 fully saturated rings. The summed E-state index contributed by atoms with van der Waals surface area (Å²) in [5, 5.41) is 0. The number of carbonyl (C=O) groups excluding carboxylic acids is 1. The topological polar surface area (TPSA) is 85.8 Å². The molecule has 1 aliphatic rings. The van der Waals surface area contributed by atoms with Gasteiger partial charge in [0.25, 0.3) is 0 Å². The number of halogens is 3. The van der Waals surface area contributed by atoms with Crippen LogP contribution >= 0.6 is 0 Å². The van der Waals surface area contributed by atoms with Gasteiger partial charge in [-0.25, -0.2) is 4.98 Å². The van der Waals surface area contributed by atoms with E-state index in [2.05, 4.69) is 14.9 Å². The standard InChI is InChI=1S/C25H22F3N5O2/c1-15-19(17-12-21(32-7-9-35-10-8-32)24-30-5-6-33(24)14-17)11-16(13-31-15)22-18(23(29)34)3-2-4-20(22)25(26,27)28/h2-6,11-14H,7-10H2,1H3,(H2,29,34). The molecule has 0 saturated carbocycles. The van der Waals surface area contributed by atoms with E-state index in [1.165, 1.54) is 18.3 Å². The number of primary amides is 1. The number of nitrogens with two attached hydrogens (primary N) is 1. The maximum atomic E-state index is 13.9. The number of pyridine rings is 2. The van der Waals surface area contributed by atoms with E-state index in [-0.39, 0.29) is 16.7 Å². The summed E-state index contributed by atoms with van der Waals surface area (Å²) < 4.78 is 49.0. The predicted octanol–water partition coefficient (Wildman–Crippen LogP) is 4.33. The Kier molecular flexibility index (Phi) is 5.68. The molecule has 180 valence electrons. The van der Waals surface area contributed by atoms with E-state index in [1.807, 2.05) is 22.9 Å². The fraction of sp³-hybridized carbons (Fsp3) is 0.240. The summed E-state index contributed by atoms with van der Waals surface area (Å²) in [4.78, 5) is 23.1. The normalized spacial score (nSPS) is 14.5. The zero-order chi connectivity index (χ0) is 24.7. The van der Waals surface area contributed by atoms with E-state index in [1.54, 1.807) is 19.2 Å². The molecule has 35 heavy (non-hydrogen) atoms. The van der Waals surface area contributed by atoms with Gasteiger partial charge in [0.2, 0.25) is 5.91 Å². The highest BCUT2D eigenvalue weighted by molar-refractivity contribution is 6.01. The third-order valence-electron chi connectivity index (χ3n) is 6.14. The van der Waals surface area contributed by atoms with Gasteiger partial charge in [-0.15, -0.1) is 0 Å². The number of anilines is 1. The highest BCUT2D eigenvalue weighted by atomic mass is 19.4. The number of nitrogens with zero attached hydrogens (tertiary/aromatic N) is 4. The van der Waals surface area contributed by atoms with Gasteiger partial charge in [0.05, 0.1) is 24.5 Å². The van der Waals surface area contributed by atoms with Crippen molar-refractivity contribution in [2.75, 3.05) is 31.2 Å². The number of alkyl halides is 3. The minimum atomic E-state index is -4.68. The molecule has 0 aliphatic carbocycles. The monoisotopic (exact) mass is 481 g/mol. The molecule has 4 aromatic rings. The number of rotatable bonds is 4.